The Labute approximate surface area is 124 Å². The van der Waals surface area contributed by atoms with Crippen molar-refractivity contribution in [3.63, 3.8) is 0 Å². The fourth-order valence-corrected chi connectivity index (χ4v) is 2.48. The molecule has 6 nitrogen and oxygen atoms in total. The fourth-order valence-electron chi connectivity index (χ4n) is 2.48. The summed E-state index contributed by atoms with van der Waals surface area (Å²) < 4.78 is 10.8. The lowest BCUT2D eigenvalue weighted by Gasteiger charge is -2.27. The summed E-state index contributed by atoms with van der Waals surface area (Å²) in [6.07, 6.45) is 1.40. The van der Waals surface area contributed by atoms with E-state index < -0.39 is 11.6 Å². The molecule has 1 aromatic heterocycles. The van der Waals surface area contributed by atoms with E-state index in [0.29, 0.717) is 24.6 Å². The molecular formula is C15H22N2O4. The van der Waals surface area contributed by atoms with Gasteiger partial charge in [0.1, 0.15) is 11.6 Å². The van der Waals surface area contributed by atoms with Crippen LogP contribution in [0.3, 0.4) is 0 Å². The van der Waals surface area contributed by atoms with Crippen molar-refractivity contribution in [1.29, 1.82) is 0 Å². The van der Waals surface area contributed by atoms with Gasteiger partial charge in [0.25, 0.3) is 5.91 Å². The van der Waals surface area contributed by atoms with Crippen molar-refractivity contribution in [2.75, 3.05) is 6.54 Å². The van der Waals surface area contributed by atoms with Crippen molar-refractivity contribution in [3.05, 3.63) is 17.3 Å². The fraction of sp³-hybridized carbons (Fsp3) is 0.667. The Hall–Kier alpha value is -1.85. The molecule has 0 radical (unpaired) electrons. The number of oxazole rings is 1. The molecule has 116 valence electrons. The van der Waals surface area contributed by atoms with E-state index in [1.54, 1.807) is 13.8 Å². The molecule has 0 aromatic carbocycles. The van der Waals surface area contributed by atoms with Crippen molar-refractivity contribution in [3.8, 4) is 0 Å². The standard InChI is InChI=1S/C15H22N2O4/c1-9-12(20-10(2)16-9)13(18)17-8-6-7-11(17)14(19)21-15(3,4)5/h11H,6-8H2,1-5H3/t11-/m1/s1. The number of hydrogen-bond donors (Lipinski definition) is 0. The number of nitrogens with zero attached hydrogens (tertiary/aromatic N) is 2. The summed E-state index contributed by atoms with van der Waals surface area (Å²) in [5, 5.41) is 0. The third-order valence-corrected chi connectivity index (χ3v) is 3.29. The molecule has 0 N–H and O–H groups in total. The number of likely N-dealkylation sites (tertiary alicyclic amines) is 1. The van der Waals surface area contributed by atoms with Crippen molar-refractivity contribution in [2.45, 2.75) is 59.1 Å². The van der Waals surface area contributed by atoms with E-state index in [2.05, 4.69) is 4.98 Å². The van der Waals surface area contributed by atoms with Gasteiger partial charge >= 0.3 is 5.97 Å². The number of carbonyl (C=O) groups is 2. The van der Waals surface area contributed by atoms with E-state index in [9.17, 15) is 9.59 Å². The molecule has 0 bridgehead atoms. The van der Waals surface area contributed by atoms with Gasteiger partial charge in [-0.25, -0.2) is 9.78 Å². The third-order valence-electron chi connectivity index (χ3n) is 3.29. The molecule has 1 saturated heterocycles. The van der Waals surface area contributed by atoms with Crippen LogP contribution >= 0.6 is 0 Å². The number of amides is 1. The lowest BCUT2D eigenvalue weighted by atomic mass is 10.1. The lowest BCUT2D eigenvalue weighted by Crippen LogP contribution is -2.43. The molecule has 0 aliphatic carbocycles. The summed E-state index contributed by atoms with van der Waals surface area (Å²) in [5.74, 6) is 0.00974. The number of hydrogen-bond acceptors (Lipinski definition) is 5. The number of rotatable bonds is 2. The van der Waals surface area contributed by atoms with Gasteiger partial charge in [0.15, 0.2) is 5.89 Å². The van der Waals surface area contributed by atoms with Crippen LogP contribution in [0.1, 0.15) is 55.8 Å². The molecule has 2 rings (SSSR count). The Balaban J connectivity index is 2.17. The Morgan fingerprint density at radius 2 is 2.00 bits per heavy atom. The minimum atomic E-state index is -0.562. The lowest BCUT2D eigenvalue weighted by molar-refractivity contribution is -0.159. The van der Waals surface area contributed by atoms with Crippen LogP contribution in [-0.4, -0.2) is 39.9 Å². The van der Waals surface area contributed by atoms with Crippen LogP contribution in [0.2, 0.25) is 0 Å². The first-order valence-corrected chi connectivity index (χ1v) is 7.17. The maximum Gasteiger partial charge on any atom is 0.329 e. The van der Waals surface area contributed by atoms with E-state index in [1.165, 1.54) is 4.90 Å². The molecular weight excluding hydrogens is 272 g/mol. The van der Waals surface area contributed by atoms with Crippen molar-refractivity contribution >= 4 is 11.9 Å². The van der Waals surface area contributed by atoms with Gasteiger partial charge in [0.2, 0.25) is 5.76 Å². The summed E-state index contributed by atoms with van der Waals surface area (Å²) in [4.78, 5) is 30.4. The summed E-state index contributed by atoms with van der Waals surface area (Å²) in [6, 6.07) is -0.540. The first kappa shape index (κ1) is 15.5. The largest absolute Gasteiger partial charge is 0.458 e. The van der Waals surface area contributed by atoms with Crippen molar-refractivity contribution in [2.24, 2.45) is 0 Å². The molecule has 0 unspecified atom stereocenters. The molecule has 6 heteroatoms. The zero-order valence-corrected chi connectivity index (χ0v) is 13.2. The molecule has 1 fully saturated rings. The van der Waals surface area contributed by atoms with Gasteiger partial charge in [-0.2, -0.15) is 0 Å². The highest BCUT2D eigenvalue weighted by Gasteiger charge is 2.38. The van der Waals surface area contributed by atoms with Crippen LogP contribution in [0.5, 0.6) is 0 Å². The van der Waals surface area contributed by atoms with Crippen LogP contribution in [0.4, 0.5) is 0 Å². The highest BCUT2D eigenvalue weighted by atomic mass is 16.6. The summed E-state index contributed by atoms with van der Waals surface area (Å²) in [7, 11) is 0. The quantitative estimate of drug-likeness (QED) is 0.782. The third kappa shape index (κ3) is 3.43. The summed E-state index contributed by atoms with van der Waals surface area (Å²) in [6.45, 7) is 9.39. The van der Waals surface area contributed by atoms with Crippen LogP contribution in [-0.2, 0) is 9.53 Å². The second kappa shape index (κ2) is 5.50. The van der Waals surface area contributed by atoms with Gasteiger partial charge < -0.3 is 14.1 Å². The van der Waals surface area contributed by atoms with Crippen molar-refractivity contribution in [1.82, 2.24) is 9.88 Å². The second-order valence-corrected chi connectivity index (χ2v) is 6.34. The molecule has 0 saturated carbocycles. The van der Waals surface area contributed by atoms with E-state index in [4.69, 9.17) is 9.15 Å². The SMILES string of the molecule is Cc1nc(C)c(C(=O)N2CCC[C@@H]2C(=O)OC(C)(C)C)o1. The predicted molar refractivity (Wildman–Crippen MR) is 75.9 cm³/mol. The molecule has 1 amide bonds. The maximum atomic E-state index is 12.5. The average Bonchev–Trinajstić information content (AvgIpc) is 2.92. The molecule has 1 atom stereocenters. The van der Waals surface area contributed by atoms with E-state index in [1.807, 2.05) is 20.8 Å². The highest BCUT2D eigenvalue weighted by Crippen LogP contribution is 2.24. The van der Waals surface area contributed by atoms with Crippen LogP contribution in [0.25, 0.3) is 0 Å². The number of aromatic nitrogens is 1. The van der Waals surface area contributed by atoms with Gasteiger partial charge in [-0.05, 0) is 40.5 Å². The number of ether oxygens (including phenoxy) is 1. The first-order valence-electron chi connectivity index (χ1n) is 7.17. The summed E-state index contributed by atoms with van der Waals surface area (Å²) in [5.41, 5.74) is -0.0139. The zero-order chi connectivity index (χ0) is 15.8. The van der Waals surface area contributed by atoms with Crippen LogP contribution < -0.4 is 0 Å². The Morgan fingerprint density at radius 3 is 2.52 bits per heavy atom. The van der Waals surface area contributed by atoms with Crippen LogP contribution in [0, 0.1) is 13.8 Å². The average molecular weight is 294 g/mol. The van der Waals surface area contributed by atoms with E-state index >= 15 is 0 Å². The minimum Gasteiger partial charge on any atom is -0.458 e. The van der Waals surface area contributed by atoms with Gasteiger partial charge in [0, 0.05) is 13.5 Å². The minimum absolute atomic E-state index is 0.211. The second-order valence-electron chi connectivity index (χ2n) is 6.34. The van der Waals surface area contributed by atoms with E-state index in [-0.39, 0.29) is 17.6 Å². The zero-order valence-electron chi connectivity index (χ0n) is 13.2. The number of esters is 1. The molecule has 1 aliphatic rings. The Bertz CT molecular complexity index is 557. The maximum absolute atomic E-state index is 12.5. The number of aryl methyl sites for hydroxylation is 2. The van der Waals surface area contributed by atoms with E-state index in [0.717, 1.165) is 6.42 Å². The first-order chi connectivity index (χ1) is 9.69. The summed E-state index contributed by atoms with van der Waals surface area (Å²) >= 11 is 0. The van der Waals surface area contributed by atoms with Gasteiger partial charge in [-0.3, -0.25) is 4.79 Å². The van der Waals surface area contributed by atoms with Crippen molar-refractivity contribution < 1.29 is 18.7 Å². The molecule has 2 heterocycles. The normalized spacial score (nSPS) is 18.9. The van der Waals surface area contributed by atoms with Crippen LogP contribution in [0.15, 0.2) is 4.42 Å². The smallest absolute Gasteiger partial charge is 0.329 e. The Morgan fingerprint density at radius 1 is 1.33 bits per heavy atom. The Kier molecular flexibility index (Phi) is 4.07. The molecule has 21 heavy (non-hydrogen) atoms. The number of carbonyl (C=O) groups excluding carboxylic acids is 2. The highest BCUT2D eigenvalue weighted by molar-refractivity contribution is 5.95. The molecule has 1 aliphatic heterocycles. The monoisotopic (exact) mass is 294 g/mol. The van der Waals surface area contributed by atoms with Gasteiger partial charge in [-0.1, -0.05) is 0 Å². The molecule has 1 aromatic rings. The van der Waals surface area contributed by atoms with Gasteiger partial charge in [-0.15, -0.1) is 0 Å². The predicted octanol–water partition coefficient (Wildman–Crippen LogP) is 2.24. The van der Waals surface area contributed by atoms with Gasteiger partial charge in [0.05, 0.1) is 5.69 Å². The molecule has 0 spiro atoms. The topological polar surface area (TPSA) is 72.6 Å².